The van der Waals surface area contributed by atoms with E-state index in [1.165, 1.54) is 11.5 Å². The lowest BCUT2D eigenvalue weighted by Gasteiger charge is -2.13. The van der Waals surface area contributed by atoms with Crippen molar-refractivity contribution >= 4 is 5.69 Å². The number of nitrogen functional groups attached to an aromatic ring is 1. The van der Waals surface area contributed by atoms with E-state index in [1.807, 2.05) is 18.2 Å². The number of hydrogen-bond acceptors (Lipinski definition) is 1. The van der Waals surface area contributed by atoms with Gasteiger partial charge in [0.1, 0.15) is 0 Å². The van der Waals surface area contributed by atoms with Crippen LogP contribution in [-0.4, -0.2) is 0 Å². The summed E-state index contributed by atoms with van der Waals surface area (Å²) in [6.45, 7) is 0. The predicted octanol–water partition coefficient (Wildman–Crippen LogP) is 2.90. The Morgan fingerprint density at radius 1 is 1.14 bits per heavy atom. The van der Waals surface area contributed by atoms with Gasteiger partial charge in [0, 0.05) is 11.6 Å². The van der Waals surface area contributed by atoms with Gasteiger partial charge >= 0.3 is 0 Å². The van der Waals surface area contributed by atoms with Crippen LogP contribution in [0.2, 0.25) is 0 Å². The van der Waals surface area contributed by atoms with Gasteiger partial charge in [-0.15, -0.1) is 0 Å². The Bertz CT molecular complexity index is 363. The first-order chi connectivity index (χ1) is 6.86. The van der Waals surface area contributed by atoms with Crippen LogP contribution in [0.25, 0.3) is 0 Å². The molecule has 0 heterocycles. The van der Waals surface area contributed by atoms with Gasteiger partial charge in [0.25, 0.3) is 0 Å². The normalized spacial score (nSPS) is 16.0. The number of rotatable bonds is 2. The Hall–Kier alpha value is -1.50. The molecular weight excluding hydrogens is 170 g/mol. The molecule has 1 radical (unpaired) electrons. The molecule has 0 aliphatic heterocycles. The van der Waals surface area contributed by atoms with Gasteiger partial charge in [-0.1, -0.05) is 42.5 Å². The van der Waals surface area contributed by atoms with Crippen LogP contribution in [0.15, 0.2) is 48.6 Å². The maximum Gasteiger partial charge on any atom is 0.0346 e. The molecule has 2 N–H and O–H groups in total. The largest absolute Gasteiger partial charge is 0.399 e. The van der Waals surface area contributed by atoms with Crippen LogP contribution >= 0.6 is 0 Å². The van der Waals surface area contributed by atoms with Gasteiger partial charge < -0.3 is 5.73 Å². The average molecular weight is 184 g/mol. The molecule has 0 bridgehead atoms. The Kier molecular flexibility index (Phi) is 2.68. The fourth-order valence-corrected chi connectivity index (χ4v) is 1.63. The molecule has 0 amide bonds. The second kappa shape index (κ2) is 4.14. The van der Waals surface area contributed by atoms with Crippen LogP contribution in [0, 0.1) is 5.92 Å². The maximum atomic E-state index is 5.88. The summed E-state index contributed by atoms with van der Waals surface area (Å²) in [5.74, 6) is 1.42. The highest BCUT2D eigenvalue weighted by molar-refractivity contribution is 5.48. The van der Waals surface area contributed by atoms with Crippen LogP contribution in [0.5, 0.6) is 0 Å². The van der Waals surface area contributed by atoms with E-state index in [0.717, 1.165) is 18.5 Å². The minimum atomic E-state index is 0.892. The second-order valence-electron chi connectivity index (χ2n) is 3.53. The summed E-state index contributed by atoms with van der Waals surface area (Å²) < 4.78 is 0. The van der Waals surface area contributed by atoms with Gasteiger partial charge in [-0.3, -0.25) is 0 Å². The highest BCUT2D eigenvalue weighted by Gasteiger charge is 2.08. The van der Waals surface area contributed by atoms with Crippen LogP contribution in [-0.2, 0) is 6.42 Å². The lowest BCUT2D eigenvalue weighted by Crippen LogP contribution is -2.02. The van der Waals surface area contributed by atoms with Gasteiger partial charge in [0.2, 0.25) is 0 Å². The zero-order valence-electron chi connectivity index (χ0n) is 8.11. The summed E-state index contributed by atoms with van der Waals surface area (Å²) in [6, 6.07) is 8.06. The maximum absolute atomic E-state index is 5.88. The fraction of sp³-hybridized carbons (Fsp3) is 0.154. The number of para-hydroxylation sites is 1. The van der Waals surface area contributed by atoms with Crippen molar-refractivity contribution in [1.82, 2.24) is 0 Å². The van der Waals surface area contributed by atoms with Crippen molar-refractivity contribution in [2.75, 3.05) is 5.73 Å². The number of allylic oxidation sites excluding steroid dienone is 4. The first-order valence-electron chi connectivity index (χ1n) is 4.87. The van der Waals surface area contributed by atoms with Crippen molar-refractivity contribution < 1.29 is 0 Å². The molecule has 0 saturated heterocycles. The lowest BCUT2D eigenvalue weighted by atomic mass is 9.92. The average Bonchev–Trinajstić information content (AvgIpc) is 2.23. The molecule has 1 aromatic carbocycles. The molecule has 0 unspecified atom stereocenters. The van der Waals surface area contributed by atoms with Crippen LogP contribution in [0.1, 0.15) is 12.0 Å². The Morgan fingerprint density at radius 2 is 2.00 bits per heavy atom. The molecular formula is C13H14N. The van der Waals surface area contributed by atoms with Gasteiger partial charge in [0.15, 0.2) is 0 Å². The standard InChI is InChI=1S/C13H14N/c14-13-9-5-4-8-12(13)10-11-6-2-1-3-7-11/h1-6,8-9H,7,10,14H2. The van der Waals surface area contributed by atoms with Crippen molar-refractivity contribution in [2.45, 2.75) is 12.8 Å². The lowest BCUT2D eigenvalue weighted by molar-refractivity contribution is 0.941. The highest BCUT2D eigenvalue weighted by atomic mass is 14.6. The van der Waals surface area contributed by atoms with Crippen molar-refractivity contribution in [3.63, 3.8) is 0 Å². The number of benzene rings is 1. The smallest absolute Gasteiger partial charge is 0.0346 e. The number of nitrogens with two attached hydrogens (primary N) is 1. The number of hydrogen-bond donors (Lipinski definition) is 1. The molecule has 1 nitrogen and oxygen atoms in total. The molecule has 0 atom stereocenters. The molecule has 0 aromatic heterocycles. The SMILES string of the molecule is Nc1ccccc1C[C]1C=CC=CC1. The summed E-state index contributed by atoms with van der Waals surface area (Å²) >= 11 is 0. The molecule has 1 heteroatoms. The molecule has 0 spiro atoms. The van der Waals surface area contributed by atoms with E-state index < -0.39 is 0 Å². The summed E-state index contributed by atoms with van der Waals surface area (Å²) in [4.78, 5) is 0. The third-order valence-corrected chi connectivity index (χ3v) is 2.43. The first-order valence-corrected chi connectivity index (χ1v) is 4.87. The zero-order valence-corrected chi connectivity index (χ0v) is 8.11. The molecule has 1 aliphatic carbocycles. The monoisotopic (exact) mass is 184 g/mol. The summed E-state index contributed by atoms with van der Waals surface area (Å²) in [6.07, 6.45) is 10.5. The second-order valence-corrected chi connectivity index (χ2v) is 3.53. The Morgan fingerprint density at radius 3 is 2.71 bits per heavy atom. The van der Waals surface area contributed by atoms with Crippen LogP contribution < -0.4 is 5.73 Å². The van der Waals surface area contributed by atoms with Gasteiger partial charge in [-0.05, 0) is 24.5 Å². The zero-order chi connectivity index (χ0) is 9.80. The van der Waals surface area contributed by atoms with Crippen molar-refractivity contribution in [3.8, 4) is 0 Å². The molecule has 1 aliphatic rings. The van der Waals surface area contributed by atoms with E-state index in [1.54, 1.807) is 0 Å². The van der Waals surface area contributed by atoms with Crippen molar-refractivity contribution in [2.24, 2.45) is 0 Å². The van der Waals surface area contributed by atoms with Crippen molar-refractivity contribution in [3.05, 3.63) is 60.1 Å². The van der Waals surface area contributed by atoms with E-state index in [2.05, 4.69) is 30.4 Å². The molecule has 14 heavy (non-hydrogen) atoms. The Balaban J connectivity index is 2.07. The van der Waals surface area contributed by atoms with E-state index in [9.17, 15) is 0 Å². The van der Waals surface area contributed by atoms with E-state index >= 15 is 0 Å². The molecule has 0 fully saturated rings. The summed E-state index contributed by atoms with van der Waals surface area (Å²) in [5, 5.41) is 0. The van der Waals surface area contributed by atoms with E-state index in [0.29, 0.717) is 0 Å². The fourth-order valence-electron chi connectivity index (χ4n) is 1.63. The third kappa shape index (κ3) is 2.05. The predicted molar refractivity (Wildman–Crippen MR) is 60.7 cm³/mol. The summed E-state index contributed by atoms with van der Waals surface area (Å²) in [5.41, 5.74) is 8.00. The van der Waals surface area contributed by atoms with Crippen molar-refractivity contribution in [1.29, 1.82) is 0 Å². The molecule has 71 valence electrons. The third-order valence-electron chi connectivity index (χ3n) is 2.43. The molecule has 0 saturated carbocycles. The van der Waals surface area contributed by atoms with Crippen LogP contribution in [0.3, 0.4) is 0 Å². The Labute approximate surface area is 84.9 Å². The minimum absolute atomic E-state index is 0.892. The summed E-state index contributed by atoms with van der Waals surface area (Å²) in [7, 11) is 0. The molecule has 2 rings (SSSR count). The van der Waals surface area contributed by atoms with E-state index in [4.69, 9.17) is 5.73 Å². The quantitative estimate of drug-likeness (QED) is 0.703. The van der Waals surface area contributed by atoms with E-state index in [-0.39, 0.29) is 0 Å². The van der Waals surface area contributed by atoms with Gasteiger partial charge in [0.05, 0.1) is 0 Å². The number of anilines is 1. The first kappa shape index (κ1) is 9.07. The van der Waals surface area contributed by atoms with Crippen LogP contribution in [0.4, 0.5) is 5.69 Å². The molecule has 1 aromatic rings. The minimum Gasteiger partial charge on any atom is -0.399 e. The highest BCUT2D eigenvalue weighted by Crippen LogP contribution is 2.22. The van der Waals surface area contributed by atoms with Gasteiger partial charge in [-0.2, -0.15) is 0 Å². The topological polar surface area (TPSA) is 26.0 Å². The van der Waals surface area contributed by atoms with Gasteiger partial charge in [-0.25, -0.2) is 0 Å².